The molecule has 33 heavy (non-hydrogen) atoms. The topological polar surface area (TPSA) is 70.1 Å². The lowest BCUT2D eigenvalue weighted by Crippen LogP contribution is -2.38. The Morgan fingerprint density at radius 1 is 1.12 bits per heavy atom. The van der Waals surface area contributed by atoms with Gasteiger partial charge in [-0.15, -0.1) is 0 Å². The fourth-order valence-corrected chi connectivity index (χ4v) is 4.20. The van der Waals surface area contributed by atoms with Crippen molar-refractivity contribution in [3.63, 3.8) is 0 Å². The number of likely N-dealkylation sites (N-methyl/N-ethyl adjacent to an activating group) is 1. The molecule has 1 fully saturated rings. The second-order valence-electron chi connectivity index (χ2n) is 7.65. The molecule has 0 saturated carbocycles. The first-order valence-corrected chi connectivity index (χ1v) is 11.4. The van der Waals surface area contributed by atoms with Crippen molar-refractivity contribution < 1.29 is 23.8 Å². The average Bonchev–Trinajstić information content (AvgIpc) is 3.06. The molecule has 1 unspecified atom stereocenters. The van der Waals surface area contributed by atoms with Gasteiger partial charge in [0.05, 0.1) is 23.2 Å². The Bertz CT molecular complexity index is 1050. The van der Waals surface area contributed by atoms with Gasteiger partial charge in [-0.05, 0) is 55.9 Å². The summed E-state index contributed by atoms with van der Waals surface area (Å²) in [6.07, 6.45) is 0. The Labute approximate surface area is 198 Å². The van der Waals surface area contributed by atoms with E-state index in [1.54, 1.807) is 12.1 Å². The summed E-state index contributed by atoms with van der Waals surface area (Å²) in [5.41, 5.74) is 0.775. The standard InChI is InChI=1S/C25H28ClFN2O4/c1-4-28(5-2)13-14-29-22(16-7-10-18(27)11-8-16)21(24(31)25(29)32)23(30)17-9-12-20(33-6-3)19(26)15-17/h7-12,15,22,30H,4-6,13-14H2,1-3H3/b23-21-. The number of Topliss-reactive ketones (excluding diaryl/α,β-unsaturated/α-hetero) is 1. The van der Waals surface area contributed by atoms with E-state index in [-0.39, 0.29) is 28.5 Å². The van der Waals surface area contributed by atoms with Crippen molar-refractivity contribution in [3.05, 3.63) is 70.0 Å². The van der Waals surface area contributed by atoms with Crippen LogP contribution in [0.15, 0.2) is 48.0 Å². The van der Waals surface area contributed by atoms with Gasteiger partial charge in [0.1, 0.15) is 17.3 Å². The highest BCUT2D eigenvalue weighted by Gasteiger charge is 2.46. The summed E-state index contributed by atoms with van der Waals surface area (Å²) in [4.78, 5) is 29.6. The van der Waals surface area contributed by atoms with E-state index in [1.807, 2.05) is 20.8 Å². The number of nitrogens with zero attached hydrogens (tertiary/aromatic N) is 2. The third kappa shape index (κ3) is 5.20. The SMILES string of the molecule is CCOc1ccc(/C(O)=C2/C(=O)C(=O)N(CCN(CC)CC)C2c2ccc(F)cc2)cc1Cl. The van der Waals surface area contributed by atoms with Gasteiger partial charge in [-0.1, -0.05) is 37.6 Å². The second kappa shape index (κ2) is 10.8. The van der Waals surface area contributed by atoms with Crippen LogP contribution in [0.25, 0.3) is 5.76 Å². The van der Waals surface area contributed by atoms with Gasteiger partial charge in [-0.2, -0.15) is 0 Å². The first-order chi connectivity index (χ1) is 15.8. The predicted molar refractivity (Wildman–Crippen MR) is 126 cm³/mol. The second-order valence-corrected chi connectivity index (χ2v) is 8.06. The highest BCUT2D eigenvalue weighted by Crippen LogP contribution is 2.40. The summed E-state index contributed by atoms with van der Waals surface area (Å²) < 4.78 is 19.0. The van der Waals surface area contributed by atoms with Crippen molar-refractivity contribution in [3.8, 4) is 5.75 Å². The molecule has 8 heteroatoms. The molecule has 6 nitrogen and oxygen atoms in total. The third-order valence-corrected chi connectivity index (χ3v) is 6.08. The number of aliphatic hydroxyl groups excluding tert-OH is 1. The van der Waals surface area contributed by atoms with E-state index in [0.717, 1.165) is 13.1 Å². The molecule has 0 bridgehead atoms. The lowest BCUT2D eigenvalue weighted by molar-refractivity contribution is -0.140. The van der Waals surface area contributed by atoms with Gasteiger partial charge in [0, 0.05) is 18.7 Å². The summed E-state index contributed by atoms with van der Waals surface area (Å²) in [5, 5.41) is 11.4. The van der Waals surface area contributed by atoms with Crippen LogP contribution in [-0.2, 0) is 9.59 Å². The first-order valence-electron chi connectivity index (χ1n) is 11.0. The van der Waals surface area contributed by atoms with Crippen LogP contribution in [0, 0.1) is 5.82 Å². The van der Waals surface area contributed by atoms with Crippen LogP contribution in [0.3, 0.4) is 0 Å². The van der Waals surface area contributed by atoms with Gasteiger partial charge in [0.2, 0.25) is 0 Å². The summed E-state index contributed by atoms with van der Waals surface area (Å²) in [6, 6.07) is 9.42. The van der Waals surface area contributed by atoms with E-state index in [0.29, 0.717) is 24.5 Å². The van der Waals surface area contributed by atoms with Crippen LogP contribution in [0.4, 0.5) is 4.39 Å². The van der Waals surface area contributed by atoms with Gasteiger partial charge in [0.15, 0.2) is 0 Å². The van der Waals surface area contributed by atoms with E-state index in [1.165, 1.54) is 35.2 Å². The number of amides is 1. The van der Waals surface area contributed by atoms with E-state index < -0.39 is 23.5 Å². The van der Waals surface area contributed by atoms with Gasteiger partial charge < -0.3 is 19.6 Å². The molecule has 1 atom stereocenters. The number of rotatable bonds is 9. The van der Waals surface area contributed by atoms with Crippen LogP contribution in [0.1, 0.15) is 37.9 Å². The molecule has 0 radical (unpaired) electrons. The minimum atomic E-state index is -0.841. The number of aliphatic hydroxyl groups is 1. The molecular weight excluding hydrogens is 447 g/mol. The molecule has 1 saturated heterocycles. The molecule has 1 aliphatic heterocycles. The molecule has 0 aliphatic carbocycles. The zero-order chi connectivity index (χ0) is 24.1. The fourth-order valence-electron chi connectivity index (χ4n) is 3.97. The number of carbonyl (C=O) groups is 2. The highest BCUT2D eigenvalue weighted by molar-refractivity contribution is 6.46. The molecule has 2 aromatic carbocycles. The Morgan fingerprint density at radius 2 is 1.79 bits per heavy atom. The number of ketones is 1. The maximum atomic E-state index is 13.6. The van der Waals surface area contributed by atoms with Gasteiger partial charge in [-0.3, -0.25) is 9.59 Å². The van der Waals surface area contributed by atoms with Crippen LogP contribution in [0.2, 0.25) is 5.02 Å². The molecule has 1 amide bonds. The monoisotopic (exact) mass is 474 g/mol. The van der Waals surface area contributed by atoms with Crippen molar-refractivity contribution in [2.24, 2.45) is 0 Å². The summed E-state index contributed by atoms with van der Waals surface area (Å²) in [7, 11) is 0. The molecule has 1 N–H and O–H groups in total. The minimum absolute atomic E-state index is 0.0496. The van der Waals surface area contributed by atoms with E-state index in [9.17, 15) is 19.1 Å². The lowest BCUT2D eigenvalue weighted by atomic mass is 9.95. The zero-order valence-corrected chi connectivity index (χ0v) is 19.7. The van der Waals surface area contributed by atoms with Gasteiger partial charge in [0.25, 0.3) is 11.7 Å². The molecule has 0 aromatic heterocycles. The van der Waals surface area contributed by atoms with Crippen LogP contribution < -0.4 is 4.74 Å². The number of likely N-dealkylation sites (tertiary alicyclic amines) is 1. The smallest absolute Gasteiger partial charge is 0.295 e. The Hall–Kier alpha value is -2.90. The normalized spacial score (nSPS) is 17.8. The fraction of sp³-hybridized carbons (Fsp3) is 0.360. The van der Waals surface area contributed by atoms with Crippen LogP contribution in [0.5, 0.6) is 5.75 Å². The van der Waals surface area contributed by atoms with Crippen molar-refractivity contribution in [2.45, 2.75) is 26.8 Å². The zero-order valence-electron chi connectivity index (χ0n) is 19.0. The predicted octanol–water partition coefficient (Wildman–Crippen LogP) is 4.64. The Kier molecular flexibility index (Phi) is 8.10. The first kappa shape index (κ1) is 24.7. The van der Waals surface area contributed by atoms with E-state index in [2.05, 4.69) is 4.90 Å². The van der Waals surface area contributed by atoms with Gasteiger partial charge in [-0.25, -0.2) is 4.39 Å². The maximum absolute atomic E-state index is 13.6. The largest absolute Gasteiger partial charge is 0.507 e. The van der Waals surface area contributed by atoms with Crippen molar-refractivity contribution in [1.82, 2.24) is 9.80 Å². The molecule has 2 aromatic rings. The molecule has 176 valence electrons. The average molecular weight is 475 g/mol. The summed E-state index contributed by atoms with van der Waals surface area (Å²) in [6.45, 7) is 8.73. The highest BCUT2D eigenvalue weighted by atomic mass is 35.5. The van der Waals surface area contributed by atoms with Crippen molar-refractivity contribution in [2.75, 3.05) is 32.8 Å². The maximum Gasteiger partial charge on any atom is 0.295 e. The number of benzene rings is 2. The van der Waals surface area contributed by atoms with Crippen molar-refractivity contribution >= 4 is 29.1 Å². The molecular formula is C25H28ClFN2O4. The van der Waals surface area contributed by atoms with Crippen LogP contribution >= 0.6 is 11.6 Å². The Balaban J connectivity index is 2.09. The minimum Gasteiger partial charge on any atom is -0.507 e. The molecule has 3 rings (SSSR count). The number of halogens is 2. The van der Waals surface area contributed by atoms with Crippen molar-refractivity contribution in [1.29, 1.82) is 0 Å². The number of carbonyl (C=O) groups excluding carboxylic acids is 2. The number of ether oxygens (including phenoxy) is 1. The molecule has 0 spiro atoms. The number of hydrogen-bond acceptors (Lipinski definition) is 5. The van der Waals surface area contributed by atoms with Crippen LogP contribution in [-0.4, -0.2) is 59.4 Å². The van der Waals surface area contributed by atoms with E-state index >= 15 is 0 Å². The third-order valence-electron chi connectivity index (χ3n) is 5.78. The quantitative estimate of drug-likeness (QED) is 0.325. The van der Waals surface area contributed by atoms with Gasteiger partial charge >= 0.3 is 0 Å². The molecule has 1 heterocycles. The Morgan fingerprint density at radius 3 is 2.36 bits per heavy atom. The lowest BCUT2D eigenvalue weighted by Gasteiger charge is -2.28. The summed E-state index contributed by atoms with van der Waals surface area (Å²) in [5.74, 6) is -1.80. The summed E-state index contributed by atoms with van der Waals surface area (Å²) >= 11 is 6.27. The molecule has 1 aliphatic rings. The number of hydrogen-bond donors (Lipinski definition) is 1. The van der Waals surface area contributed by atoms with E-state index in [4.69, 9.17) is 16.3 Å².